The van der Waals surface area contributed by atoms with Crippen LogP contribution in [0.5, 0.6) is 17.2 Å². The van der Waals surface area contributed by atoms with Gasteiger partial charge in [0.2, 0.25) is 0 Å². The number of hydrogen-bond acceptors (Lipinski definition) is 7. The van der Waals surface area contributed by atoms with Gasteiger partial charge in [-0.3, -0.25) is 10.1 Å². The van der Waals surface area contributed by atoms with Gasteiger partial charge in [-0.05, 0) is 19.1 Å². The van der Waals surface area contributed by atoms with E-state index in [4.69, 9.17) is 14.2 Å². The van der Waals surface area contributed by atoms with Gasteiger partial charge in [-0.15, -0.1) is 0 Å². The molecule has 0 saturated heterocycles. The standard InChI is InChI=1S/C18H19NO7S/c1-12-5-7-14(8-6-12)27(22,23)18(19(20)21)11-15-16(25-3)9-13(24-2)10-17(15)26-4/h5-11H,1-4H3. The Morgan fingerprint density at radius 2 is 1.52 bits per heavy atom. The highest BCUT2D eigenvalue weighted by atomic mass is 32.2. The van der Waals surface area contributed by atoms with Gasteiger partial charge < -0.3 is 14.2 Å². The molecule has 0 fully saturated rings. The zero-order chi connectivity index (χ0) is 20.2. The number of benzene rings is 2. The van der Waals surface area contributed by atoms with Crippen molar-refractivity contribution in [3.63, 3.8) is 0 Å². The minimum Gasteiger partial charge on any atom is -0.496 e. The summed E-state index contributed by atoms with van der Waals surface area (Å²) < 4.78 is 41.2. The minimum atomic E-state index is -4.36. The molecule has 0 aromatic heterocycles. The van der Waals surface area contributed by atoms with Crippen molar-refractivity contribution >= 4 is 15.9 Å². The summed E-state index contributed by atoms with van der Waals surface area (Å²) >= 11 is 0. The number of methoxy groups -OCH3 is 3. The normalized spacial score (nSPS) is 11.8. The molecule has 27 heavy (non-hydrogen) atoms. The molecule has 0 saturated carbocycles. The molecule has 2 rings (SSSR count). The van der Waals surface area contributed by atoms with E-state index < -0.39 is 19.8 Å². The number of nitrogens with zero attached hydrogens (tertiary/aromatic N) is 1. The second-order valence-electron chi connectivity index (χ2n) is 5.50. The van der Waals surface area contributed by atoms with Gasteiger partial charge in [0.05, 0.1) is 36.7 Å². The SMILES string of the molecule is COc1cc(OC)c(C=C([N+](=O)[O-])S(=O)(=O)c2ccc(C)cc2)c(OC)c1. The molecule has 2 aromatic rings. The lowest BCUT2D eigenvalue weighted by atomic mass is 10.1. The van der Waals surface area contributed by atoms with Crippen molar-refractivity contribution in [2.24, 2.45) is 0 Å². The summed E-state index contributed by atoms with van der Waals surface area (Å²) in [4.78, 5) is 10.4. The van der Waals surface area contributed by atoms with Crippen molar-refractivity contribution in [3.8, 4) is 17.2 Å². The molecule has 0 bridgehead atoms. The lowest BCUT2D eigenvalue weighted by Gasteiger charge is -2.12. The Balaban J connectivity index is 2.72. The van der Waals surface area contributed by atoms with Crippen LogP contribution >= 0.6 is 0 Å². The van der Waals surface area contributed by atoms with Gasteiger partial charge in [-0.2, -0.15) is 0 Å². The Bertz CT molecular complexity index is 954. The van der Waals surface area contributed by atoms with E-state index >= 15 is 0 Å². The summed E-state index contributed by atoms with van der Waals surface area (Å²) in [5, 5.41) is 10.6. The lowest BCUT2D eigenvalue weighted by Crippen LogP contribution is -2.13. The number of rotatable bonds is 7. The fourth-order valence-electron chi connectivity index (χ4n) is 2.36. The summed E-state index contributed by atoms with van der Waals surface area (Å²) in [6, 6.07) is 8.74. The number of hydrogen-bond donors (Lipinski definition) is 0. The first-order valence-electron chi connectivity index (χ1n) is 7.72. The largest absolute Gasteiger partial charge is 0.496 e. The summed E-state index contributed by atoms with van der Waals surface area (Å²) in [6.07, 6.45) is 0.923. The molecule has 0 unspecified atom stereocenters. The summed E-state index contributed by atoms with van der Waals surface area (Å²) in [5.41, 5.74) is 0.947. The number of nitro groups is 1. The fourth-order valence-corrected chi connectivity index (χ4v) is 3.57. The second-order valence-corrected chi connectivity index (χ2v) is 7.40. The smallest absolute Gasteiger partial charge is 0.364 e. The van der Waals surface area contributed by atoms with Crippen LogP contribution in [-0.2, 0) is 9.84 Å². The van der Waals surface area contributed by atoms with Crippen LogP contribution in [0.25, 0.3) is 6.08 Å². The molecule has 0 radical (unpaired) electrons. The molecule has 0 aliphatic rings. The van der Waals surface area contributed by atoms with E-state index in [9.17, 15) is 18.5 Å². The number of aryl methyl sites for hydroxylation is 1. The monoisotopic (exact) mass is 393 g/mol. The van der Waals surface area contributed by atoms with Crippen molar-refractivity contribution < 1.29 is 27.6 Å². The molecule has 0 N–H and O–H groups in total. The quantitative estimate of drug-likeness (QED) is 0.526. The molecule has 2 aromatic carbocycles. The average molecular weight is 393 g/mol. The van der Waals surface area contributed by atoms with Crippen LogP contribution in [0.15, 0.2) is 46.3 Å². The Hall–Kier alpha value is -3.07. The molecule has 0 atom stereocenters. The summed E-state index contributed by atoms with van der Waals surface area (Å²) in [7, 11) is -0.217. The van der Waals surface area contributed by atoms with Crippen molar-refractivity contribution in [3.05, 3.63) is 62.7 Å². The topological polar surface area (TPSA) is 105 Å². The third kappa shape index (κ3) is 4.20. The molecule has 8 nitrogen and oxygen atoms in total. The molecular formula is C18H19NO7S. The van der Waals surface area contributed by atoms with E-state index in [1.54, 1.807) is 19.1 Å². The first-order chi connectivity index (χ1) is 12.7. The lowest BCUT2D eigenvalue weighted by molar-refractivity contribution is -0.410. The average Bonchev–Trinajstić information content (AvgIpc) is 2.65. The zero-order valence-electron chi connectivity index (χ0n) is 15.3. The van der Waals surface area contributed by atoms with Gasteiger partial charge in [0, 0.05) is 18.2 Å². The predicted molar refractivity (Wildman–Crippen MR) is 99.4 cm³/mol. The van der Waals surface area contributed by atoms with E-state index in [1.807, 2.05) is 0 Å². The van der Waals surface area contributed by atoms with E-state index in [-0.39, 0.29) is 22.0 Å². The van der Waals surface area contributed by atoms with Crippen molar-refractivity contribution in [1.29, 1.82) is 0 Å². The molecule has 0 spiro atoms. The highest BCUT2D eigenvalue weighted by Gasteiger charge is 2.32. The Labute approximate surface area is 157 Å². The second kappa shape index (κ2) is 8.09. The Morgan fingerprint density at radius 3 is 1.93 bits per heavy atom. The van der Waals surface area contributed by atoms with Crippen molar-refractivity contribution in [2.45, 2.75) is 11.8 Å². The van der Waals surface area contributed by atoms with Crippen LogP contribution in [0.2, 0.25) is 0 Å². The maximum Gasteiger partial charge on any atom is 0.364 e. The zero-order valence-corrected chi connectivity index (χ0v) is 16.1. The first kappa shape index (κ1) is 20.2. The fraction of sp³-hybridized carbons (Fsp3) is 0.222. The van der Waals surface area contributed by atoms with E-state index in [0.717, 1.165) is 11.6 Å². The van der Waals surface area contributed by atoms with Gasteiger partial charge in [-0.25, -0.2) is 8.42 Å². The maximum absolute atomic E-state index is 12.8. The van der Waals surface area contributed by atoms with E-state index in [2.05, 4.69) is 0 Å². The highest BCUT2D eigenvalue weighted by Crippen LogP contribution is 2.37. The van der Waals surface area contributed by atoms with E-state index in [0.29, 0.717) is 5.75 Å². The maximum atomic E-state index is 12.8. The number of sulfone groups is 1. The first-order valence-corrected chi connectivity index (χ1v) is 9.20. The van der Waals surface area contributed by atoms with Crippen molar-refractivity contribution in [2.75, 3.05) is 21.3 Å². The molecule has 0 heterocycles. The van der Waals surface area contributed by atoms with Crippen LogP contribution in [0.1, 0.15) is 11.1 Å². The van der Waals surface area contributed by atoms with Gasteiger partial charge in [-0.1, -0.05) is 17.7 Å². The minimum absolute atomic E-state index is 0.114. The molecule has 9 heteroatoms. The molecular weight excluding hydrogens is 374 g/mol. The van der Waals surface area contributed by atoms with Gasteiger partial charge in [0.15, 0.2) is 0 Å². The van der Waals surface area contributed by atoms with Crippen LogP contribution in [0.4, 0.5) is 0 Å². The van der Waals surface area contributed by atoms with Crippen molar-refractivity contribution in [1.82, 2.24) is 0 Å². The van der Waals surface area contributed by atoms with Crippen LogP contribution in [0.3, 0.4) is 0 Å². The van der Waals surface area contributed by atoms with Gasteiger partial charge in [0.1, 0.15) is 17.2 Å². The van der Waals surface area contributed by atoms with Crippen LogP contribution in [-0.4, -0.2) is 34.7 Å². The Morgan fingerprint density at radius 1 is 1.00 bits per heavy atom. The van der Waals surface area contributed by atoms with Crippen LogP contribution in [0, 0.1) is 17.0 Å². The van der Waals surface area contributed by atoms with Crippen LogP contribution < -0.4 is 14.2 Å². The highest BCUT2D eigenvalue weighted by molar-refractivity contribution is 7.95. The van der Waals surface area contributed by atoms with E-state index in [1.165, 1.54) is 45.6 Å². The van der Waals surface area contributed by atoms with Gasteiger partial charge >= 0.3 is 5.03 Å². The molecule has 144 valence electrons. The third-order valence-corrected chi connectivity index (χ3v) is 5.52. The molecule has 0 aliphatic heterocycles. The van der Waals surface area contributed by atoms with Gasteiger partial charge in [0.25, 0.3) is 9.84 Å². The predicted octanol–water partition coefficient (Wildman–Crippen LogP) is 3.07. The summed E-state index contributed by atoms with van der Waals surface area (Å²) in [5.74, 6) is 0.735. The third-order valence-electron chi connectivity index (χ3n) is 3.81. The molecule has 0 aliphatic carbocycles. The summed E-state index contributed by atoms with van der Waals surface area (Å²) in [6.45, 7) is 1.79. The Kier molecular flexibility index (Phi) is 6.06. The molecule has 0 amide bonds. The number of ether oxygens (including phenoxy) is 3.